The van der Waals surface area contributed by atoms with E-state index < -0.39 is 0 Å². The smallest absolute Gasteiger partial charge is 0.229 e. The molecule has 0 saturated carbocycles. The summed E-state index contributed by atoms with van der Waals surface area (Å²) in [6.45, 7) is 4.23. The predicted octanol–water partition coefficient (Wildman–Crippen LogP) is 3.89. The molecule has 1 aliphatic rings. The maximum Gasteiger partial charge on any atom is 0.229 e. The second-order valence-corrected chi connectivity index (χ2v) is 8.20. The topological polar surface area (TPSA) is 70.2 Å². The van der Waals surface area contributed by atoms with Crippen molar-refractivity contribution in [3.63, 3.8) is 0 Å². The lowest BCUT2D eigenvalue weighted by molar-refractivity contribution is -0.117. The van der Waals surface area contributed by atoms with E-state index in [1.54, 1.807) is 11.3 Å². The average molecular weight is 386 g/mol. The van der Waals surface area contributed by atoms with Crippen LogP contribution in [-0.4, -0.2) is 24.9 Å². The Balaban J connectivity index is 1.56. The van der Waals surface area contributed by atoms with Crippen LogP contribution >= 0.6 is 11.3 Å². The Morgan fingerprint density at radius 3 is 2.37 bits per heavy atom. The van der Waals surface area contributed by atoms with E-state index in [2.05, 4.69) is 22.9 Å². The molecule has 0 spiro atoms. The van der Waals surface area contributed by atoms with Crippen LogP contribution in [0.4, 0.5) is 11.4 Å². The molecule has 1 fully saturated rings. The number of amides is 2. The summed E-state index contributed by atoms with van der Waals surface area (Å²) >= 11 is 1.56. The van der Waals surface area contributed by atoms with Gasteiger partial charge in [-0.25, -0.2) is 0 Å². The van der Waals surface area contributed by atoms with Gasteiger partial charge in [-0.1, -0.05) is 25.1 Å². The number of hydrogen-bond donors (Lipinski definition) is 3. The lowest BCUT2D eigenvalue weighted by Gasteiger charge is -2.28. The van der Waals surface area contributed by atoms with E-state index in [4.69, 9.17) is 0 Å². The van der Waals surface area contributed by atoms with Gasteiger partial charge in [0.1, 0.15) is 0 Å². The minimum absolute atomic E-state index is 0.000915. The van der Waals surface area contributed by atoms with Crippen molar-refractivity contribution in [3.8, 4) is 0 Å². The largest absolute Gasteiger partial charge is 0.324 e. The Hall–Kier alpha value is -2.18. The van der Waals surface area contributed by atoms with E-state index in [0.717, 1.165) is 30.8 Å². The molecule has 3 N–H and O–H groups in total. The van der Waals surface area contributed by atoms with Crippen molar-refractivity contribution >= 4 is 34.5 Å². The number of thiophene rings is 1. The molecule has 0 radical (unpaired) electrons. The van der Waals surface area contributed by atoms with E-state index in [-0.39, 0.29) is 11.8 Å². The van der Waals surface area contributed by atoms with Crippen LogP contribution in [0.25, 0.3) is 0 Å². The van der Waals surface area contributed by atoms with Crippen LogP contribution in [0.1, 0.15) is 31.1 Å². The average Bonchev–Trinajstić information content (AvgIpc) is 3.17. The highest BCUT2D eigenvalue weighted by Crippen LogP contribution is 2.26. The van der Waals surface area contributed by atoms with Gasteiger partial charge in [0.05, 0.1) is 17.8 Å². The molecule has 1 atom stereocenters. The normalized spacial score (nSPS) is 15.9. The van der Waals surface area contributed by atoms with Crippen LogP contribution in [0.3, 0.4) is 0 Å². The summed E-state index contributed by atoms with van der Waals surface area (Å²) in [5.41, 5.74) is 1.29. The number of carbonyl (C=O) groups excluding carboxylic acids is 2. The third-order valence-corrected chi connectivity index (χ3v) is 5.96. The number of anilines is 2. The van der Waals surface area contributed by atoms with Gasteiger partial charge in [0.25, 0.3) is 0 Å². The Labute approximate surface area is 164 Å². The Morgan fingerprint density at radius 1 is 1.07 bits per heavy atom. The van der Waals surface area contributed by atoms with Gasteiger partial charge in [0, 0.05) is 11.3 Å². The summed E-state index contributed by atoms with van der Waals surface area (Å²) in [6, 6.07) is 11.2. The standard InChI is InChI=1S/C21H27N3O2S/c1-15(16-8-10-22-11-9-16)13-20(25)23-18-6-2-3-7-19(18)24-21(26)14-17-5-4-12-27-17/h2-7,12,15-16,22H,8-11,13-14H2,1H3,(H,23,25)(H,24,26). The van der Waals surface area contributed by atoms with Gasteiger partial charge in [0.2, 0.25) is 11.8 Å². The zero-order valence-corrected chi connectivity index (χ0v) is 16.5. The van der Waals surface area contributed by atoms with Gasteiger partial charge < -0.3 is 16.0 Å². The molecule has 1 aromatic heterocycles. The lowest BCUT2D eigenvalue weighted by Crippen LogP contribution is -2.32. The number of rotatable bonds is 7. The van der Waals surface area contributed by atoms with E-state index >= 15 is 0 Å². The van der Waals surface area contributed by atoms with Gasteiger partial charge in [-0.15, -0.1) is 11.3 Å². The third-order valence-electron chi connectivity index (χ3n) is 5.09. The maximum atomic E-state index is 12.5. The van der Waals surface area contributed by atoms with Crippen molar-refractivity contribution in [3.05, 3.63) is 46.7 Å². The zero-order chi connectivity index (χ0) is 19.1. The van der Waals surface area contributed by atoms with Crippen LogP contribution in [0.5, 0.6) is 0 Å². The second kappa shape index (κ2) is 9.67. The first-order valence-corrected chi connectivity index (χ1v) is 10.4. The molecule has 144 valence electrons. The van der Waals surface area contributed by atoms with E-state index in [9.17, 15) is 9.59 Å². The zero-order valence-electron chi connectivity index (χ0n) is 15.7. The molecule has 1 unspecified atom stereocenters. The third kappa shape index (κ3) is 5.91. The number of carbonyl (C=O) groups is 2. The van der Waals surface area contributed by atoms with Gasteiger partial charge in [-0.05, 0) is 61.3 Å². The second-order valence-electron chi connectivity index (χ2n) is 7.17. The molecule has 2 heterocycles. The van der Waals surface area contributed by atoms with Crippen molar-refractivity contribution in [1.82, 2.24) is 5.32 Å². The summed E-state index contributed by atoms with van der Waals surface area (Å²) in [4.78, 5) is 25.8. The molecule has 6 heteroatoms. The van der Waals surface area contributed by atoms with Crippen molar-refractivity contribution in [2.75, 3.05) is 23.7 Å². The van der Waals surface area contributed by atoms with E-state index in [1.165, 1.54) is 0 Å². The summed E-state index contributed by atoms with van der Waals surface area (Å²) in [6.07, 6.45) is 3.10. The fourth-order valence-corrected chi connectivity index (χ4v) is 4.24. The highest BCUT2D eigenvalue weighted by atomic mass is 32.1. The first kappa shape index (κ1) is 19.6. The first-order chi connectivity index (χ1) is 13.1. The minimum Gasteiger partial charge on any atom is -0.324 e. The summed E-state index contributed by atoms with van der Waals surface area (Å²) in [7, 11) is 0. The van der Waals surface area contributed by atoms with Crippen molar-refractivity contribution in [1.29, 1.82) is 0 Å². The van der Waals surface area contributed by atoms with Gasteiger partial charge in [-0.3, -0.25) is 9.59 Å². The highest BCUT2D eigenvalue weighted by molar-refractivity contribution is 7.10. The molecule has 1 aromatic carbocycles. The lowest BCUT2D eigenvalue weighted by atomic mass is 9.84. The summed E-state index contributed by atoms with van der Waals surface area (Å²) in [5, 5.41) is 11.2. The number of nitrogens with one attached hydrogen (secondary N) is 3. The molecular weight excluding hydrogens is 358 g/mol. The minimum atomic E-state index is -0.0813. The SMILES string of the molecule is CC(CC(=O)Nc1ccccc1NC(=O)Cc1cccs1)C1CCNCC1. The van der Waals surface area contributed by atoms with Crippen molar-refractivity contribution in [2.45, 2.75) is 32.6 Å². The molecule has 5 nitrogen and oxygen atoms in total. The highest BCUT2D eigenvalue weighted by Gasteiger charge is 2.22. The maximum absolute atomic E-state index is 12.5. The summed E-state index contributed by atoms with van der Waals surface area (Å²) < 4.78 is 0. The van der Waals surface area contributed by atoms with Crippen LogP contribution < -0.4 is 16.0 Å². The van der Waals surface area contributed by atoms with Crippen LogP contribution in [0.15, 0.2) is 41.8 Å². The quantitative estimate of drug-likeness (QED) is 0.677. The molecule has 27 heavy (non-hydrogen) atoms. The molecule has 1 aliphatic heterocycles. The molecule has 3 rings (SSSR count). The van der Waals surface area contributed by atoms with Crippen LogP contribution in [0, 0.1) is 11.8 Å². The van der Waals surface area contributed by atoms with Gasteiger partial charge in [0.15, 0.2) is 0 Å². The Morgan fingerprint density at radius 2 is 1.74 bits per heavy atom. The summed E-state index contributed by atoms with van der Waals surface area (Å²) in [5.74, 6) is 0.869. The number of hydrogen-bond acceptors (Lipinski definition) is 4. The monoisotopic (exact) mass is 385 g/mol. The van der Waals surface area contributed by atoms with Crippen LogP contribution in [0.2, 0.25) is 0 Å². The Bertz CT molecular complexity index is 755. The first-order valence-electron chi connectivity index (χ1n) is 9.53. The number of para-hydroxylation sites is 2. The van der Waals surface area contributed by atoms with Gasteiger partial charge >= 0.3 is 0 Å². The van der Waals surface area contributed by atoms with Crippen LogP contribution in [-0.2, 0) is 16.0 Å². The van der Waals surface area contributed by atoms with Crippen molar-refractivity contribution < 1.29 is 9.59 Å². The molecule has 2 amide bonds. The number of benzene rings is 1. The number of piperidine rings is 1. The van der Waals surface area contributed by atoms with Gasteiger partial charge in [-0.2, -0.15) is 0 Å². The van der Waals surface area contributed by atoms with E-state index in [1.807, 2.05) is 41.8 Å². The molecule has 0 aliphatic carbocycles. The Kier molecular flexibility index (Phi) is 7.01. The molecule has 1 saturated heterocycles. The molecule has 2 aromatic rings. The molecule has 0 bridgehead atoms. The van der Waals surface area contributed by atoms with Crippen molar-refractivity contribution in [2.24, 2.45) is 11.8 Å². The fraction of sp³-hybridized carbons (Fsp3) is 0.429. The molecular formula is C21H27N3O2S. The fourth-order valence-electron chi connectivity index (χ4n) is 3.54. The van der Waals surface area contributed by atoms with E-state index in [0.29, 0.717) is 36.1 Å². The predicted molar refractivity (Wildman–Crippen MR) is 111 cm³/mol.